The van der Waals surface area contributed by atoms with Crippen molar-refractivity contribution in [3.05, 3.63) is 0 Å². The summed E-state index contributed by atoms with van der Waals surface area (Å²) in [6.07, 6.45) is 7.06. The zero-order chi connectivity index (χ0) is 12.0. The summed E-state index contributed by atoms with van der Waals surface area (Å²) in [5, 5.41) is 9.58. The van der Waals surface area contributed by atoms with Gasteiger partial charge in [0.25, 0.3) is 0 Å². The Hall–Kier alpha value is -0.550. The molecule has 1 aliphatic heterocycles. The number of hydrogen-bond acceptors (Lipinski definition) is 2. The van der Waals surface area contributed by atoms with Crippen LogP contribution in [0.1, 0.15) is 59.3 Å². The lowest BCUT2D eigenvalue weighted by molar-refractivity contribution is 0.0854. The Morgan fingerprint density at radius 3 is 2.31 bits per heavy atom. The third-order valence-electron chi connectivity index (χ3n) is 4.14. The minimum atomic E-state index is -0.185. The lowest BCUT2D eigenvalue weighted by atomic mass is 9.83. The van der Waals surface area contributed by atoms with Crippen molar-refractivity contribution in [3.63, 3.8) is 0 Å². The number of rotatable bonds is 5. The molecule has 1 aliphatic rings. The van der Waals surface area contributed by atoms with Crippen molar-refractivity contribution in [2.75, 3.05) is 13.1 Å². The molecule has 0 aliphatic carbocycles. The maximum Gasteiger partial charge on any atom is 0.109 e. The smallest absolute Gasteiger partial charge is 0.109 e. The molecule has 1 heterocycles. The van der Waals surface area contributed by atoms with Gasteiger partial charge < -0.3 is 0 Å². The van der Waals surface area contributed by atoms with Crippen LogP contribution in [0, 0.1) is 17.2 Å². The lowest BCUT2D eigenvalue weighted by Gasteiger charge is -2.42. The Morgan fingerprint density at radius 2 is 1.88 bits per heavy atom. The summed E-state index contributed by atoms with van der Waals surface area (Å²) in [5.41, 5.74) is -0.185. The Morgan fingerprint density at radius 1 is 1.25 bits per heavy atom. The molecule has 0 amide bonds. The van der Waals surface area contributed by atoms with Gasteiger partial charge in [-0.3, -0.25) is 4.90 Å². The average Bonchev–Trinajstić information content (AvgIpc) is 2.37. The lowest BCUT2D eigenvalue weighted by Crippen LogP contribution is -2.50. The summed E-state index contributed by atoms with van der Waals surface area (Å²) in [6, 6.07) is 2.63. The van der Waals surface area contributed by atoms with E-state index in [9.17, 15) is 5.26 Å². The quantitative estimate of drug-likeness (QED) is 0.711. The van der Waals surface area contributed by atoms with Crippen LogP contribution in [0.15, 0.2) is 0 Å². The molecule has 16 heavy (non-hydrogen) atoms. The largest absolute Gasteiger partial charge is 0.286 e. The molecule has 0 aromatic carbocycles. The summed E-state index contributed by atoms with van der Waals surface area (Å²) in [7, 11) is 0. The van der Waals surface area contributed by atoms with Gasteiger partial charge in [0.05, 0.1) is 6.07 Å². The molecule has 0 aromatic rings. The molecule has 0 aromatic heterocycles. The van der Waals surface area contributed by atoms with Crippen molar-refractivity contribution in [2.45, 2.75) is 64.8 Å². The third-order valence-corrected chi connectivity index (χ3v) is 4.14. The highest BCUT2D eigenvalue weighted by molar-refractivity contribution is 5.08. The highest BCUT2D eigenvalue weighted by atomic mass is 15.2. The van der Waals surface area contributed by atoms with Crippen molar-refractivity contribution in [2.24, 2.45) is 5.92 Å². The second-order valence-electron chi connectivity index (χ2n) is 5.26. The van der Waals surface area contributed by atoms with Gasteiger partial charge in [-0.1, -0.05) is 33.6 Å². The van der Waals surface area contributed by atoms with E-state index in [0.717, 1.165) is 25.9 Å². The van der Waals surface area contributed by atoms with Gasteiger partial charge in [0.2, 0.25) is 0 Å². The van der Waals surface area contributed by atoms with E-state index in [0.29, 0.717) is 5.92 Å². The molecule has 1 saturated heterocycles. The normalized spacial score (nSPS) is 23.4. The summed E-state index contributed by atoms with van der Waals surface area (Å²) >= 11 is 0. The molecule has 1 fully saturated rings. The molecule has 2 atom stereocenters. The first-order valence-electron chi connectivity index (χ1n) is 6.84. The number of likely N-dealkylation sites (tertiary alicyclic amines) is 1. The van der Waals surface area contributed by atoms with E-state index in [-0.39, 0.29) is 5.54 Å². The van der Waals surface area contributed by atoms with E-state index in [1.807, 2.05) is 0 Å². The van der Waals surface area contributed by atoms with Crippen LogP contribution in [0.3, 0.4) is 0 Å². The molecule has 2 heteroatoms. The van der Waals surface area contributed by atoms with Crippen LogP contribution in [0.25, 0.3) is 0 Å². The van der Waals surface area contributed by atoms with Gasteiger partial charge in [-0.25, -0.2) is 0 Å². The summed E-state index contributed by atoms with van der Waals surface area (Å²) in [4.78, 5) is 2.45. The van der Waals surface area contributed by atoms with E-state index in [4.69, 9.17) is 0 Å². The Kier molecular flexibility index (Phi) is 5.28. The maximum absolute atomic E-state index is 9.58. The predicted octanol–water partition coefficient (Wildman–Crippen LogP) is 3.58. The number of nitriles is 1. The molecule has 0 N–H and O–H groups in total. The van der Waals surface area contributed by atoms with Crippen LogP contribution >= 0.6 is 0 Å². The first kappa shape index (κ1) is 13.5. The monoisotopic (exact) mass is 222 g/mol. The minimum Gasteiger partial charge on any atom is -0.286 e. The van der Waals surface area contributed by atoms with E-state index >= 15 is 0 Å². The fourth-order valence-electron chi connectivity index (χ4n) is 2.74. The molecule has 0 spiro atoms. The van der Waals surface area contributed by atoms with Crippen LogP contribution in [0.4, 0.5) is 0 Å². The average molecular weight is 222 g/mol. The second kappa shape index (κ2) is 6.25. The van der Waals surface area contributed by atoms with E-state index in [2.05, 4.69) is 31.7 Å². The van der Waals surface area contributed by atoms with Crippen LogP contribution in [-0.4, -0.2) is 23.5 Å². The predicted molar refractivity (Wildman–Crippen MR) is 68.1 cm³/mol. The SMILES string of the molecule is CCC(C)CC(C#N)(CC)N1CCCCC1. The Labute approximate surface area is 101 Å². The van der Waals surface area contributed by atoms with Gasteiger partial charge in [0, 0.05) is 0 Å². The van der Waals surface area contributed by atoms with Gasteiger partial charge in [0.1, 0.15) is 5.54 Å². The van der Waals surface area contributed by atoms with Gasteiger partial charge in [-0.2, -0.15) is 5.26 Å². The maximum atomic E-state index is 9.58. The summed E-state index contributed by atoms with van der Waals surface area (Å²) in [5.74, 6) is 0.654. The molecule has 92 valence electrons. The third kappa shape index (κ3) is 2.98. The van der Waals surface area contributed by atoms with Gasteiger partial charge in [-0.15, -0.1) is 0 Å². The fraction of sp³-hybridized carbons (Fsp3) is 0.929. The van der Waals surface area contributed by atoms with Crippen molar-refractivity contribution in [1.82, 2.24) is 4.90 Å². The molecule has 2 unspecified atom stereocenters. The Bertz CT molecular complexity index is 238. The van der Waals surface area contributed by atoms with Gasteiger partial charge in [-0.05, 0) is 44.7 Å². The zero-order valence-electron chi connectivity index (χ0n) is 11.1. The zero-order valence-corrected chi connectivity index (χ0v) is 11.1. The topological polar surface area (TPSA) is 27.0 Å². The standard InChI is InChI=1S/C14H26N2/c1-4-13(3)11-14(5-2,12-15)16-9-7-6-8-10-16/h13H,4-11H2,1-3H3. The second-order valence-corrected chi connectivity index (χ2v) is 5.26. The van der Waals surface area contributed by atoms with Crippen LogP contribution < -0.4 is 0 Å². The van der Waals surface area contributed by atoms with Crippen molar-refractivity contribution < 1.29 is 0 Å². The molecule has 0 saturated carbocycles. The van der Waals surface area contributed by atoms with Crippen molar-refractivity contribution >= 4 is 0 Å². The fourth-order valence-corrected chi connectivity index (χ4v) is 2.74. The van der Waals surface area contributed by atoms with Crippen molar-refractivity contribution in [1.29, 1.82) is 5.26 Å². The highest BCUT2D eigenvalue weighted by Crippen LogP contribution is 2.31. The van der Waals surface area contributed by atoms with E-state index in [1.54, 1.807) is 0 Å². The van der Waals surface area contributed by atoms with E-state index < -0.39 is 0 Å². The summed E-state index contributed by atoms with van der Waals surface area (Å²) in [6.45, 7) is 8.90. The highest BCUT2D eigenvalue weighted by Gasteiger charge is 2.36. The molecule has 0 radical (unpaired) electrons. The molecule has 0 bridgehead atoms. The Balaban J connectivity index is 2.73. The van der Waals surface area contributed by atoms with Crippen LogP contribution in [-0.2, 0) is 0 Å². The molecule has 1 rings (SSSR count). The molecule has 2 nitrogen and oxygen atoms in total. The van der Waals surface area contributed by atoms with Gasteiger partial charge in [0.15, 0.2) is 0 Å². The van der Waals surface area contributed by atoms with E-state index in [1.165, 1.54) is 25.7 Å². The molecular weight excluding hydrogens is 196 g/mol. The van der Waals surface area contributed by atoms with Crippen molar-refractivity contribution in [3.8, 4) is 6.07 Å². The molecular formula is C14H26N2. The van der Waals surface area contributed by atoms with Gasteiger partial charge >= 0.3 is 0 Å². The van der Waals surface area contributed by atoms with Crippen LogP contribution in [0.2, 0.25) is 0 Å². The van der Waals surface area contributed by atoms with Crippen LogP contribution in [0.5, 0.6) is 0 Å². The number of hydrogen-bond donors (Lipinski definition) is 0. The summed E-state index contributed by atoms with van der Waals surface area (Å²) < 4.78 is 0. The minimum absolute atomic E-state index is 0.185. The first-order chi connectivity index (χ1) is 7.68. The first-order valence-corrected chi connectivity index (χ1v) is 6.84. The number of piperidine rings is 1. The number of nitrogens with zero attached hydrogens (tertiary/aromatic N) is 2.